The predicted octanol–water partition coefficient (Wildman–Crippen LogP) is 1.79. The Morgan fingerprint density at radius 1 is 1.50 bits per heavy atom. The SMILES string of the molecule is C=CC(=N)/C=C\N=C(C)OCCOC. The summed E-state index contributed by atoms with van der Waals surface area (Å²) in [5, 5.41) is 7.21. The molecule has 14 heavy (non-hydrogen) atoms. The van der Waals surface area contributed by atoms with Crippen LogP contribution in [0.15, 0.2) is 29.9 Å². The molecule has 4 heteroatoms. The first-order valence-corrected chi connectivity index (χ1v) is 4.24. The maximum atomic E-state index is 7.21. The second-order valence-corrected chi connectivity index (χ2v) is 2.46. The number of ether oxygens (including phenoxy) is 2. The number of methoxy groups -OCH3 is 1. The molecule has 0 aromatic rings. The first-order chi connectivity index (χ1) is 6.70. The van der Waals surface area contributed by atoms with Crippen molar-refractivity contribution in [2.75, 3.05) is 20.3 Å². The zero-order valence-corrected chi connectivity index (χ0v) is 8.62. The zero-order chi connectivity index (χ0) is 10.8. The van der Waals surface area contributed by atoms with Crippen LogP contribution in [-0.4, -0.2) is 31.9 Å². The van der Waals surface area contributed by atoms with Crippen molar-refractivity contribution in [1.82, 2.24) is 0 Å². The minimum atomic E-state index is 0.318. The van der Waals surface area contributed by atoms with E-state index >= 15 is 0 Å². The van der Waals surface area contributed by atoms with Gasteiger partial charge in [-0.05, 0) is 12.2 Å². The second kappa shape index (κ2) is 8.19. The molecule has 0 saturated heterocycles. The van der Waals surface area contributed by atoms with Crippen LogP contribution in [-0.2, 0) is 9.47 Å². The summed E-state index contributed by atoms with van der Waals surface area (Å²) in [5.41, 5.74) is 0.318. The fourth-order valence-electron chi connectivity index (χ4n) is 0.601. The van der Waals surface area contributed by atoms with E-state index in [-0.39, 0.29) is 0 Å². The maximum absolute atomic E-state index is 7.21. The van der Waals surface area contributed by atoms with Crippen LogP contribution < -0.4 is 0 Å². The number of aliphatic imine (C=N–C) groups is 1. The van der Waals surface area contributed by atoms with E-state index in [1.807, 2.05) is 0 Å². The predicted molar refractivity (Wildman–Crippen MR) is 58.0 cm³/mol. The van der Waals surface area contributed by atoms with Gasteiger partial charge in [0.1, 0.15) is 6.61 Å². The van der Waals surface area contributed by atoms with Crippen LogP contribution in [0.3, 0.4) is 0 Å². The minimum absolute atomic E-state index is 0.318. The van der Waals surface area contributed by atoms with Gasteiger partial charge in [0, 0.05) is 20.2 Å². The molecule has 0 heterocycles. The third-order valence-corrected chi connectivity index (χ3v) is 1.33. The van der Waals surface area contributed by atoms with Gasteiger partial charge in [-0.15, -0.1) is 0 Å². The fourth-order valence-corrected chi connectivity index (χ4v) is 0.601. The molecule has 0 saturated carbocycles. The highest BCUT2D eigenvalue weighted by atomic mass is 16.5. The summed E-state index contributed by atoms with van der Waals surface area (Å²) in [5.74, 6) is 0.551. The minimum Gasteiger partial charge on any atom is -0.478 e. The topological polar surface area (TPSA) is 54.7 Å². The summed E-state index contributed by atoms with van der Waals surface area (Å²) < 4.78 is 9.98. The van der Waals surface area contributed by atoms with Crippen molar-refractivity contribution in [2.24, 2.45) is 4.99 Å². The summed E-state index contributed by atoms with van der Waals surface area (Å²) in [6.45, 7) is 6.22. The lowest BCUT2D eigenvalue weighted by Crippen LogP contribution is -2.05. The Labute approximate surface area is 84.5 Å². The molecule has 0 fully saturated rings. The molecule has 0 bridgehead atoms. The average molecular weight is 196 g/mol. The first kappa shape index (κ1) is 12.6. The van der Waals surface area contributed by atoms with Gasteiger partial charge in [-0.3, -0.25) is 0 Å². The van der Waals surface area contributed by atoms with Gasteiger partial charge in [0.15, 0.2) is 5.90 Å². The maximum Gasteiger partial charge on any atom is 0.184 e. The number of allylic oxidation sites excluding steroid dienone is 2. The molecule has 0 aliphatic carbocycles. The standard InChI is InChI=1S/C10H16N2O2/c1-4-10(11)5-6-12-9(2)14-8-7-13-3/h4-6,11H,1,7-8H2,2-3H3/b6-5-,11-10?,12-9?. The van der Waals surface area contributed by atoms with Crippen molar-refractivity contribution in [2.45, 2.75) is 6.92 Å². The molecular formula is C10H16N2O2. The summed E-state index contributed by atoms with van der Waals surface area (Å²) in [6, 6.07) is 0. The van der Waals surface area contributed by atoms with E-state index in [4.69, 9.17) is 14.9 Å². The van der Waals surface area contributed by atoms with Crippen LogP contribution in [0, 0.1) is 5.41 Å². The second-order valence-electron chi connectivity index (χ2n) is 2.46. The van der Waals surface area contributed by atoms with Gasteiger partial charge in [0.2, 0.25) is 0 Å². The molecule has 0 rings (SSSR count). The molecule has 0 atom stereocenters. The molecule has 0 spiro atoms. The molecule has 1 N–H and O–H groups in total. The Balaban J connectivity index is 3.81. The lowest BCUT2D eigenvalue weighted by molar-refractivity contribution is 0.140. The van der Waals surface area contributed by atoms with Gasteiger partial charge >= 0.3 is 0 Å². The smallest absolute Gasteiger partial charge is 0.184 e. The summed E-state index contributed by atoms with van der Waals surface area (Å²) in [4.78, 5) is 3.95. The monoisotopic (exact) mass is 196 g/mol. The molecule has 0 aliphatic rings. The molecular weight excluding hydrogens is 180 g/mol. The van der Waals surface area contributed by atoms with Crippen LogP contribution in [0.25, 0.3) is 0 Å². The Bertz CT molecular complexity index is 245. The van der Waals surface area contributed by atoms with E-state index < -0.39 is 0 Å². The van der Waals surface area contributed by atoms with E-state index in [0.29, 0.717) is 24.8 Å². The Morgan fingerprint density at radius 2 is 2.21 bits per heavy atom. The molecule has 0 amide bonds. The van der Waals surface area contributed by atoms with Gasteiger partial charge in [0.05, 0.1) is 12.3 Å². The Kier molecular flexibility index (Phi) is 7.36. The molecule has 4 nitrogen and oxygen atoms in total. The lowest BCUT2D eigenvalue weighted by Gasteiger charge is -2.02. The van der Waals surface area contributed by atoms with Crippen molar-refractivity contribution in [1.29, 1.82) is 5.41 Å². The summed E-state index contributed by atoms with van der Waals surface area (Å²) >= 11 is 0. The third kappa shape index (κ3) is 7.24. The molecule has 0 unspecified atom stereocenters. The number of rotatable bonds is 6. The van der Waals surface area contributed by atoms with Gasteiger partial charge in [-0.2, -0.15) is 0 Å². The highest BCUT2D eigenvalue weighted by molar-refractivity contribution is 6.01. The van der Waals surface area contributed by atoms with Crippen molar-refractivity contribution in [3.8, 4) is 0 Å². The van der Waals surface area contributed by atoms with Crippen molar-refractivity contribution >= 4 is 11.6 Å². The van der Waals surface area contributed by atoms with E-state index in [1.165, 1.54) is 18.4 Å². The quantitative estimate of drug-likeness (QED) is 0.400. The van der Waals surface area contributed by atoms with Crippen molar-refractivity contribution < 1.29 is 9.47 Å². The first-order valence-electron chi connectivity index (χ1n) is 4.24. The van der Waals surface area contributed by atoms with E-state index in [9.17, 15) is 0 Å². The number of hydrogen-bond acceptors (Lipinski definition) is 4. The summed E-state index contributed by atoms with van der Waals surface area (Å²) in [6.07, 6.45) is 4.48. The Morgan fingerprint density at radius 3 is 2.79 bits per heavy atom. The van der Waals surface area contributed by atoms with Crippen LogP contribution in [0.2, 0.25) is 0 Å². The highest BCUT2D eigenvalue weighted by Gasteiger charge is 1.88. The van der Waals surface area contributed by atoms with Crippen molar-refractivity contribution in [3.05, 3.63) is 24.9 Å². The Hall–Kier alpha value is -1.42. The summed E-state index contributed by atoms with van der Waals surface area (Å²) in [7, 11) is 1.61. The third-order valence-electron chi connectivity index (χ3n) is 1.33. The van der Waals surface area contributed by atoms with Crippen LogP contribution >= 0.6 is 0 Å². The van der Waals surface area contributed by atoms with Crippen LogP contribution in [0.1, 0.15) is 6.92 Å². The zero-order valence-electron chi connectivity index (χ0n) is 8.62. The van der Waals surface area contributed by atoms with E-state index in [2.05, 4.69) is 11.6 Å². The highest BCUT2D eigenvalue weighted by Crippen LogP contribution is 1.86. The van der Waals surface area contributed by atoms with Crippen molar-refractivity contribution in [3.63, 3.8) is 0 Å². The van der Waals surface area contributed by atoms with E-state index in [1.54, 1.807) is 14.0 Å². The van der Waals surface area contributed by atoms with Crippen LogP contribution in [0.5, 0.6) is 0 Å². The lowest BCUT2D eigenvalue weighted by atomic mass is 10.4. The van der Waals surface area contributed by atoms with Gasteiger partial charge in [-0.1, -0.05) is 6.58 Å². The molecule has 0 aliphatic heterocycles. The van der Waals surface area contributed by atoms with Gasteiger partial charge in [0.25, 0.3) is 0 Å². The van der Waals surface area contributed by atoms with Crippen LogP contribution in [0.4, 0.5) is 0 Å². The molecule has 0 aromatic carbocycles. The van der Waals surface area contributed by atoms with Gasteiger partial charge < -0.3 is 14.9 Å². The largest absolute Gasteiger partial charge is 0.478 e. The number of nitrogens with zero attached hydrogens (tertiary/aromatic N) is 1. The number of nitrogens with one attached hydrogen (secondary N) is 1. The molecule has 0 radical (unpaired) electrons. The molecule has 0 aromatic heterocycles. The number of hydrogen-bond donors (Lipinski definition) is 1. The van der Waals surface area contributed by atoms with E-state index in [0.717, 1.165) is 0 Å². The molecule has 78 valence electrons. The fraction of sp³-hybridized carbons (Fsp3) is 0.400. The van der Waals surface area contributed by atoms with Gasteiger partial charge in [-0.25, -0.2) is 4.99 Å². The average Bonchev–Trinajstić information content (AvgIpc) is 2.18. The normalized spacial score (nSPS) is 11.7.